The first-order valence-electron chi connectivity index (χ1n) is 12.5. The van der Waals surface area contributed by atoms with E-state index in [-0.39, 0.29) is 0 Å². The van der Waals surface area contributed by atoms with Crippen LogP contribution in [0.2, 0.25) is 0 Å². The van der Waals surface area contributed by atoms with E-state index in [0.717, 1.165) is 52.9 Å². The lowest BCUT2D eigenvalue weighted by molar-refractivity contribution is 0.183. The van der Waals surface area contributed by atoms with Crippen molar-refractivity contribution in [3.8, 4) is 39.7 Å². The molecule has 1 aliphatic heterocycles. The first-order chi connectivity index (χ1) is 17.2. The van der Waals surface area contributed by atoms with E-state index in [1.54, 1.807) is 7.11 Å². The van der Waals surface area contributed by atoms with Crippen molar-refractivity contribution < 1.29 is 9.47 Å². The van der Waals surface area contributed by atoms with Crippen LogP contribution in [0.4, 0.5) is 0 Å². The van der Waals surface area contributed by atoms with Gasteiger partial charge in [0.25, 0.3) is 0 Å². The second-order valence-electron chi connectivity index (χ2n) is 9.17. The molecule has 1 aromatic heterocycles. The lowest BCUT2D eigenvalue weighted by Gasteiger charge is -2.26. The monoisotopic (exact) mass is 467 g/mol. The van der Waals surface area contributed by atoms with Crippen LogP contribution in [-0.2, 0) is 0 Å². The summed E-state index contributed by atoms with van der Waals surface area (Å²) in [6.07, 6.45) is 3.98. The number of likely N-dealkylation sites (tertiary alicyclic amines) is 1. The molecule has 3 aromatic carbocycles. The average molecular weight is 468 g/mol. The fraction of sp³-hybridized carbons (Fsp3) is 0.300. The van der Waals surface area contributed by atoms with Gasteiger partial charge in [-0.25, -0.2) is 4.68 Å². The maximum atomic E-state index is 6.02. The number of piperidine rings is 1. The van der Waals surface area contributed by atoms with Crippen molar-refractivity contribution in [2.75, 3.05) is 33.4 Å². The summed E-state index contributed by atoms with van der Waals surface area (Å²) in [6, 6.07) is 27.0. The van der Waals surface area contributed by atoms with Crippen LogP contribution in [-0.4, -0.2) is 48.0 Å². The van der Waals surface area contributed by atoms with Crippen molar-refractivity contribution in [1.29, 1.82) is 0 Å². The van der Waals surface area contributed by atoms with Gasteiger partial charge < -0.3 is 9.47 Å². The highest BCUT2D eigenvalue weighted by Crippen LogP contribution is 2.30. The number of rotatable bonds is 8. The van der Waals surface area contributed by atoms with Crippen LogP contribution in [0.25, 0.3) is 28.2 Å². The van der Waals surface area contributed by atoms with Crippen molar-refractivity contribution in [3.05, 3.63) is 84.4 Å². The largest absolute Gasteiger partial charge is 0.497 e. The van der Waals surface area contributed by atoms with Crippen molar-refractivity contribution in [1.82, 2.24) is 14.7 Å². The van der Waals surface area contributed by atoms with Crippen LogP contribution in [0.3, 0.4) is 0 Å². The third-order valence-corrected chi connectivity index (χ3v) is 6.65. The summed E-state index contributed by atoms with van der Waals surface area (Å²) in [6.45, 7) is 6.21. The van der Waals surface area contributed by atoms with E-state index in [2.05, 4.69) is 66.4 Å². The van der Waals surface area contributed by atoms with Gasteiger partial charge in [-0.05, 0) is 99.6 Å². The standard InChI is InChI=1S/C30H33N3O2/c1-23-6-12-26(13-7-23)33-30(25-10-14-27(34-2)15-11-25)22-29(31-33)24-8-16-28(17-9-24)35-21-20-32-18-4-3-5-19-32/h6-17,22H,3-5,18-21H2,1-2H3. The van der Waals surface area contributed by atoms with Gasteiger partial charge in [0, 0.05) is 17.7 Å². The Bertz CT molecular complexity index is 1220. The molecular weight excluding hydrogens is 434 g/mol. The van der Waals surface area contributed by atoms with Crippen LogP contribution in [0.1, 0.15) is 24.8 Å². The number of hydrogen-bond donors (Lipinski definition) is 0. The maximum Gasteiger partial charge on any atom is 0.119 e. The third-order valence-electron chi connectivity index (χ3n) is 6.65. The Morgan fingerprint density at radius 3 is 2.11 bits per heavy atom. The maximum absolute atomic E-state index is 6.02. The summed E-state index contributed by atoms with van der Waals surface area (Å²) in [5.41, 5.74) is 6.37. The summed E-state index contributed by atoms with van der Waals surface area (Å²) in [4.78, 5) is 2.50. The molecule has 0 radical (unpaired) electrons. The van der Waals surface area contributed by atoms with Crippen LogP contribution in [0.15, 0.2) is 78.9 Å². The number of ether oxygens (including phenoxy) is 2. The highest BCUT2D eigenvalue weighted by atomic mass is 16.5. The van der Waals surface area contributed by atoms with Gasteiger partial charge in [0.05, 0.1) is 24.2 Å². The highest BCUT2D eigenvalue weighted by Gasteiger charge is 2.14. The molecule has 0 aliphatic carbocycles. The van der Waals surface area contributed by atoms with E-state index in [1.807, 2.05) is 28.9 Å². The van der Waals surface area contributed by atoms with Gasteiger partial charge in [-0.3, -0.25) is 4.90 Å². The Labute approximate surface area is 207 Å². The topological polar surface area (TPSA) is 39.5 Å². The third kappa shape index (κ3) is 5.57. The van der Waals surface area contributed by atoms with Crippen molar-refractivity contribution in [2.24, 2.45) is 0 Å². The number of aromatic nitrogens is 2. The van der Waals surface area contributed by atoms with Crippen molar-refractivity contribution >= 4 is 0 Å². The van der Waals surface area contributed by atoms with Gasteiger partial charge >= 0.3 is 0 Å². The smallest absolute Gasteiger partial charge is 0.119 e. The normalized spacial score (nSPS) is 14.1. The zero-order valence-corrected chi connectivity index (χ0v) is 20.6. The molecule has 2 heterocycles. The summed E-state index contributed by atoms with van der Waals surface area (Å²) < 4.78 is 13.4. The van der Waals surface area contributed by atoms with Crippen LogP contribution >= 0.6 is 0 Å². The summed E-state index contributed by atoms with van der Waals surface area (Å²) in [5.74, 6) is 1.74. The zero-order chi connectivity index (χ0) is 24.0. The molecule has 180 valence electrons. The van der Waals surface area contributed by atoms with E-state index >= 15 is 0 Å². The number of aryl methyl sites for hydroxylation is 1. The Morgan fingerprint density at radius 1 is 0.771 bits per heavy atom. The van der Waals surface area contributed by atoms with Gasteiger partial charge in [-0.15, -0.1) is 0 Å². The van der Waals surface area contributed by atoms with Crippen LogP contribution < -0.4 is 9.47 Å². The van der Waals surface area contributed by atoms with Crippen molar-refractivity contribution in [2.45, 2.75) is 26.2 Å². The van der Waals surface area contributed by atoms with Gasteiger partial charge in [0.1, 0.15) is 18.1 Å². The molecule has 5 heteroatoms. The van der Waals surface area contributed by atoms with E-state index in [4.69, 9.17) is 14.6 Å². The Morgan fingerprint density at radius 2 is 1.43 bits per heavy atom. The molecule has 0 spiro atoms. The zero-order valence-electron chi connectivity index (χ0n) is 20.6. The minimum absolute atomic E-state index is 0.725. The number of methoxy groups -OCH3 is 1. The predicted octanol–water partition coefficient (Wildman–Crippen LogP) is 6.39. The van der Waals surface area contributed by atoms with Crippen LogP contribution in [0.5, 0.6) is 11.5 Å². The summed E-state index contributed by atoms with van der Waals surface area (Å²) in [7, 11) is 1.69. The van der Waals surface area contributed by atoms with E-state index in [9.17, 15) is 0 Å². The molecule has 35 heavy (non-hydrogen) atoms. The lowest BCUT2D eigenvalue weighted by atomic mass is 10.1. The molecule has 0 unspecified atom stereocenters. The molecule has 5 nitrogen and oxygen atoms in total. The second kappa shape index (κ2) is 10.8. The van der Waals surface area contributed by atoms with Gasteiger partial charge in [0.2, 0.25) is 0 Å². The Kier molecular flexibility index (Phi) is 7.15. The number of benzene rings is 3. The summed E-state index contributed by atoms with van der Waals surface area (Å²) in [5, 5.41) is 4.99. The first kappa shape index (κ1) is 23.2. The minimum Gasteiger partial charge on any atom is -0.497 e. The molecule has 1 fully saturated rings. The molecule has 1 aliphatic rings. The Balaban J connectivity index is 1.37. The molecule has 5 rings (SSSR count). The van der Waals surface area contributed by atoms with E-state index in [0.29, 0.717) is 0 Å². The molecule has 1 saturated heterocycles. The molecule has 4 aromatic rings. The first-order valence-corrected chi connectivity index (χ1v) is 12.5. The molecule has 0 bridgehead atoms. The molecule has 0 atom stereocenters. The molecule has 0 amide bonds. The predicted molar refractivity (Wildman–Crippen MR) is 142 cm³/mol. The minimum atomic E-state index is 0.725. The highest BCUT2D eigenvalue weighted by molar-refractivity contribution is 5.71. The quantitative estimate of drug-likeness (QED) is 0.301. The molecular formula is C30H33N3O2. The molecule has 0 N–H and O–H groups in total. The second-order valence-corrected chi connectivity index (χ2v) is 9.17. The SMILES string of the molecule is COc1ccc(-c2cc(-c3ccc(OCCN4CCCCC4)cc3)nn2-c2ccc(C)cc2)cc1. The van der Waals surface area contributed by atoms with E-state index in [1.165, 1.54) is 37.9 Å². The van der Waals surface area contributed by atoms with Gasteiger partial charge in [0.15, 0.2) is 0 Å². The lowest BCUT2D eigenvalue weighted by Crippen LogP contribution is -2.33. The average Bonchev–Trinajstić information content (AvgIpc) is 3.36. The van der Waals surface area contributed by atoms with Gasteiger partial charge in [-0.2, -0.15) is 5.10 Å². The van der Waals surface area contributed by atoms with Gasteiger partial charge in [-0.1, -0.05) is 24.1 Å². The Hall–Kier alpha value is -3.57. The van der Waals surface area contributed by atoms with Crippen molar-refractivity contribution in [3.63, 3.8) is 0 Å². The fourth-order valence-corrected chi connectivity index (χ4v) is 4.57. The molecule has 0 saturated carbocycles. The van der Waals surface area contributed by atoms with Crippen LogP contribution in [0, 0.1) is 6.92 Å². The van der Waals surface area contributed by atoms with E-state index < -0.39 is 0 Å². The fourth-order valence-electron chi connectivity index (χ4n) is 4.57. The summed E-state index contributed by atoms with van der Waals surface area (Å²) >= 11 is 0. The number of nitrogens with zero attached hydrogens (tertiary/aromatic N) is 3. The number of hydrogen-bond acceptors (Lipinski definition) is 4.